The molecule has 1 aliphatic carbocycles. The summed E-state index contributed by atoms with van der Waals surface area (Å²) in [7, 11) is 0. The summed E-state index contributed by atoms with van der Waals surface area (Å²) in [5.41, 5.74) is -0.261. The van der Waals surface area contributed by atoms with Crippen LogP contribution in [0.2, 0.25) is 0 Å². The molecule has 5 nitrogen and oxygen atoms in total. The van der Waals surface area contributed by atoms with Gasteiger partial charge in [-0.2, -0.15) is 0 Å². The number of ketones is 1. The number of carboxylic acid groups (broad SMARTS) is 2. The molecule has 2 aromatic carbocycles. The second-order valence-corrected chi connectivity index (χ2v) is 5.64. The molecule has 1 aliphatic rings. The standard InChI is InChI=1S/C20H14O5/c21-13-9-11-20(12-10-13,16-7-3-1-5-14(16)18(22)23)17-8-4-2-6-15(17)19(24)25/h1-12H,(H,22,23)(H,24,25). The number of benzene rings is 2. The van der Waals surface area contributed by atoms with E-state index in [0.717, 1.165) is 0 Å². The van der Waals surface area contributed by atoms with Crippen molar-refractivity contribution >= 4 is 17.7 Å². The van der Waals surface area contributed by atoms with Gasteiger partial charge in [-0.05, 0) is 35.4 Å². The van der Waals surface area contributed by atoms with Gasteiger partial charge in [0.25, 0.3) is 0 Å². The van der Waals surface area contributed by atoms with Crippen LogP contribution in [-0.2, 0) is 10.2 Å². The molecule has 0 fully saturated rings. The van der Waals surface area contributed by atoms with Gasteiger partial charge in [0.15, 0.2) is 5.78 Å². The van der Waals surface area contributed by atoms with Gasteiger partial charge < -0.3 is 10.2 Å². The number of carbonyl (C=O) groups excluding carboxylic acids is 1. The first kappa shape index (κ1) is 16.4. The van der Waals surface area contributed by atoms with Gasteiger partial charge in [-0.3, -0.25) is 4.79 Å². The van der Waals surface area contributed by atoms with Crippen molar-refractivity contribution in [3.05, 3.63) is 95.1 Å². The summed E-state index contributed by atoms with van der Waals surface area (Å²) in [5, 5.41) is 19.1. The van der Waals surface area contributed by atoms with E-state index in [1.165, 1.54) is 24.3 Å². The molecule has 0 radical (unpaired) electrons. The first-order valence-corrected chi connectivity index (χ1v) is 7.54. The average molecular weight is 334 g/mol. The molecule has 0 aromatic heterocycles. The van der Waals surface area contributed by atoms with Gasteiger partial charge in [0.05, 0.1) is 16.5 Å². The summed E-state index contributed by atoms with van der Waals surface area (Å²) in [5.74, 6) is -2.49. The molecule has 0 amide bonds. The highest BCUT2D eigenvalue weighted by atomic mass is 16.4. The normalized spacial score (nSPS) is 15.1. The zero-order chi connectivity index (χ0) is 18.0. The van der Waals surface area contributed by atoms with Crippen molar-refractivity contribution in [2.75, 3.05) is 0 Å². The SMILES string of the molecule is O=C1C=CC(c2ccccc2C(=O)O)(c2ccccc2C(=O)O)C=C1. The van der Waals surface area contributed by atoms with Crippen molar-refractivity contribution in [1.29, 1.82) is 0 Å². The summed E-state index contributed by atoms with van der Waals surface area (Å²) >= 11 is 0. The van der Waals surface area contributed by atoms with Crippen LogP contribution in [0.15, 0.2) is 72.8 Å². The highest BCUT2D eigenvalue weighted by Crippen LogP contribution is 2.40. The molecule has 0 atom stereocenters. The molecule has 0 saturated carbocycles. The number of allylic oxidation sites excluding steroid dienone is 4. The van der Waals surface area contributed by atoms with E-state index in [1.54, 1.807) is 48.6 Å². The minimum absolute atomic E-state index is 0.0475. The summed E-state index contributed by atoms with van der Waals surface area (Å²) in [4.78, 5) is 35.0. The summed E-state index contributed by atoms with van der Waals surface area (Å²) in [6, 6.07) is 12.8. The van der Waals surface area contributed by atoms with E-state index in [-0.39, 0.29) is 16.9 Å². The molecule has 0 spiro atoms. The molecule has 3 rings (SSSR count). The maximum Gasteiger partial charge on any atom is 0.336 e. The Kier molecular flexibility index (Phi) is 4.07. The smallest absolute Gasteiger partial charge is 0.336 e. The van der Waals surface area contributed by atoms with Gasteiger partial charge >= 0.3 is 11.9 Å². The highest BCUT2D eigenvalue weighted by Gasteiger charge is 2.37. The van der Waals surface area contributed by atoms with Crippen molar-refractivity contribution in [3.8, 4) is 0 Å². The largest absolute Gasteiger partial charge is 0.478 e. The fourth-order valence-corrected chi connectivity index (χ4v) is 3.10. The molecule has 5 heteroatoms. The summed E-state index contributed by atoms with van der Waals surface area (Å²) in [6.07, 6.45) is 5.77. The number of carbonyl (C=O) groups is 3. The molecule has 2 aromatic rings. The lowest BCUT2D eigenvalue weighted by molar-refractivity contribution is -0.110. The minimum Gasteiger partial charge on any atom is -0.478 e. The van der Waals surface area contributed by atoms with Gasteiger partial charge in [-0.1, -0.05) is 48.6 Å². The summed E-state index contributed by atoms with van der Waals surface area (Å²) in [6.45, 7) is 0. The maximum atomic E-state index is 11.7. The Hall–Kier alpha value is -3.47. The van der Waals surface area contributed by atoms with E-state index in [1.807, 2.05) is 0 Å². The van der Waals surface area contributed by atoms with Crippen LogP contribution in [0.3, 0.4) is 0 Å². The van der Waals surface area contributed by atoms with Crippen molar-refractivity contribution < 1.29 is 24.6 Å². The van der Waals surface area contributed by atoms with Gasteiger partial charge in [-0.15, -0.1) is 0 Å². The van der Waals surface area contributed by atoms with Crippen LogP contribution in [0, 0.1) is 0 Å². The van der Waals surface area contributed by atoms with Crippen LogP contribution in [0.5, 0.6) is 0 Å². The molecular formula is C20H14O5. The number of rotatable bonds is 4. The van der Waals surface area contributed by atoms with Gasteiger partial charge in [0.1, 0.15) is 0 Å². The monoisotopic (exact) mass is 334 g/mol. The van der Waals surface area contributed by atoms with Gasteiger partial charge in [-0.25, -0.2) is 9.59 Å². The lowest BCUT2D eigenvalue weighted by atomic mass is 9.69. The predicted octanol–water partition coefficient (Wildman–Crippen LogP) is 3.06. The van der Waals surface area contributed by atoms with Crippen LogP contribution in [0.25, 0.3) is 0 Å². The van der Waals surface area contributed by atoms with E-state index in [0.29, 0.717) is 11.1 Å². The van der Waals surface area contributed by atoms with E-state index in [4.69, 9.17) is 0 Å². The second-order valence-electron chi connectivity index (χ2n) is 5.64. The highest BCUT2D eigenvalue weighted by molar-refractivity contribution is 6.02. The Balaban J connectivity index is 2.38. The molecule has 25 heavy (non-hydrogen) atoms. The van der Waals surface area contributed by atoms with Crippen molar-refractivity contribution in [3.63, 3.8) is 0 Å². The third kappa shape index (κ3) is 2.76. The second kappa shape index (κ2) is 6.20. The van der Waals surface area contributed by atoms with E-state index < -0.39 is 17.4 Å². The maximum absolute atomic E-state index is 11.7. The number of hydrogen-bond acceptors (Lipinski definition) is 3. The molecular weight excluding hydrogens is 320 g/mol. The minimum atomic E-state index is -1.15. The van der Waals surface area contributed by atoms with Crippen LogP contribution in [0.1, 0.15) is 31.8 Å². The zero-order valence-electron chi connectivity index (χ0n) is 13.0. The zero-order valence-corrected chi connectivity index (χ0v) is 13.0. The van der Waals surface area contributed by atoms with Gasteiger partial charge in [0, 0.05) is 0 Å². The molecule has 0 bridgehead atoms. The van der Waals surface area contributed by atoms with Crippen LogP contribution in [0.4, 0.5) is 0 Å². The van der Waals surface area contributed by atoms with Crippen LogP contribution >= 0.6 is 0 Å². The van der Waals surface area contributed by atoms with E-state index >= 15 is 0 Å². The Labute approximate surface area is 143 Å². The third-order valence-corrected chi connectivity index (χ3v) is 4.23. The summed E-state index contributed by atoms with van der Waals surface area (Å²) < 4.78 is 0. The Bertz CT molecular complexity index is 861. The fourth-order valence-electron chi connectivity index (χ4n) is 3.10. The van der Waals surface area contributed by atoms with Gasteiger partial charge in [0.2, 0.25) is 0 Å². The number of aromatic carboxylic acids is 2. The quantitative estimate of drug-likeness (QED) is 0.896. The molecule has 124 valence electrons. The lowest BCUT2D eigenvalue weighted by Crippen LogP contribution is -2.30. The average Bonchev–Trinajstić information content (AvgIpc) is 2.62. The number of hydrogen-bond donors (Lipinski definition) is 2. The van der Waals surface area contributed by atoms with E-state index in [2.05, 4.69) is 0 Å². The van der Waals surface area contributed by atoms with Crippen LogP contribution < -0.4 is 0 Å². The Morgan fingerprint density at radius 1 is 0.720 bits per heavy atom. The van der Waals surface area contributed by atoms with Crippen molar-refractivity contribution in [2.45, 2.75) is 5.41 Å². The molecule has 2 N–H and O–H groups in total. The molecule has 0 heterocycles. The first-order chi connectivity index (χ1) is 12.0. The first-order valence-electron chi connectivity index (χ1n) is 7.54. The van der Waals surface area contributed by atoms with Crippen molar-refractivity contribution in [2.24, 2.45) is 0 Å². The third-order valence-electron chi connectivity index (χ3n) is 4.23. The molecule has 0 saturated heterocycles. The lowest BCUT2D eigenvalue weighted by Gasteiger charge is -2.32. The number of carboxylic acids is 2. The fraction of sp³-hybridized carbons (Fsp3) is 0.0500. The van der Waals surface area contributed by atoms with Crippen LogP contribution in [-0.4, -0.2) is 27.9 Å². The van der Waals surface area contributed by atoms with E-state index in [9.17, 15) is 24.6 Å². The Morgan fingerprint density at radius 2 is 1.12 bits per heavy atom. The molecule has 0 unspecified atom stereocenters. The topological polar surface area (TPSA) is 91.7 Å². The Morgan fingerprint density at radius 3 is 1.52 bits per heavy atom. The van der Waals surface area contributed by atoms with Crippen molar-refractivity contribution in [1.82, 2.24) is 0 Å². The predicted molar refractivity (Wildman–Crippen MR) is 90.9 cm³/mol. The molecule has 0 aliphatic heterocycles.